The van der Waals surface area contributed by atoms with Crippen LogP contribution in [0.5, 0.6) is 5.75 Å². The Morgan fingerprint density at radius 2 is 1.94 bits per heavy atom. The van der Waals surface area contributed by atoms with Gasteiger partial charge in [0.15, 0.2) is 0 Å². The van der Waals surface area contributed by atoms with Crippen molar-refractivity contribution < 1.29 is 14.7 Å². The Balaban J connectivity index is 2.83. The first kappa shape index (κ1) is 13.2. The third-order valence-electron chi connectivity index (χ3n) is 2.76. The van der Waals surface area contributed by atoms with Crippen LogP contribution in [0.3, 0.4) is 0 Å². The number of amides is 1. The first-order valence-electron chi connectivity index (χ1n) is 5.46. The number of ketones is 1. The lowest BCUT2D eigenvalue weighted by atomic mass is 10.1. The van der Waals surface area contributed by atoms with Crippen LogP contribution in [0, 0.1) is 0 Å². The average Bonchev–Trinajstić information content (AvgIpc) is 2.27. The molecule has 1 rings (SSSR count). The molecule has 0 bridgehead atoms. The molecule has 0 aliphatic heterocycles. The number of nitrogens with zero attached hydrogens (tertiary/aromatic N) is 1. The highest BCUT2D eigenvalue weighted by molar-refractivity contribution is 5.96. The molecule has 17 heavy (non-hydrogen) atoms. The molecule has 0 aliphatic carbocycles. The molecule has 1 aromatic rings. The Bertz CT molecular complexity index is 428. The minimum absolute atomic E-state index is 0.103. The molecule has 0 heterocycles. The molecule has 1 aromatic carbocycles. The highest BCUT2D eigenvalue weighted by Gasteiger charge is 2.20. The zero-order valence-corrected chi connectivity index (χ0v) is 10.3. The monoisotopic (exact) mass is 235 g/mol. The van der Waals surface area contributed by atoms with Crippen molar-refractivity contribution in [3.8, 4) is 5.75 Å². The number of benzene rings is 1. The van der Waals surface area contributed by atoms with E-state index in [1.54, 1.807) is 31.3 Å². The number of phenols is 1. The predicted molar refractivity (Wildman–Crippen MR) is 64.6 cm³/mol. The number of hydrogen-bond donors (Lipinski definition) is 1. The fourth-order valence-electron chi connectivity index (χ4n) is 1.60. The number of carbonyl (C=O) groups excluding carboxylic acids is 2. The second-order valence-electron chi connectivity index (χ2n) is 4.12. The van der Waals surface area contributed by atoms with Crippen molar-refractivity contribution in [2.45, 2.75) is 26.3 Å². The van der Waals surface area contributed by atoms with E-state index in [1.165, 1.54) is 11.8 Å². The van der Waals surface area contributed by atoms with Crippen molar-refractivity contribution in [1.29, 1.82) is 0 Å². The largest absolute Gasteiger partial charge is 0.508 e. The van der Waals surface area contributed by atoms with Gasteiger partial charge in [0, 0.05) is 12.6 Å². The van der Waals surface area contributed by atoms with Gasteiger partial charge in [-0.1, -0.05) is 18.2 Å². The summed E-state index contributed by atoms with van der Waals surface area (Å²) in [6, 6.07) is 6.60. The van der Waals surface area contributed by atoms with Gasteiger partial charge in [-0.2, -0.15) is 0 Å². The molecule has 0 spiro atoms. The summed E-state index contributed by atoms with van der Waals surface area (Å²) in [5.41, 5.74) is 0.673. The van der Waals surface area contributed by atoms with Crippen molar-refractivity contribution in [3.05, 3.63) is 29.8 Å². The molecule has 1 unspecified atom stereocenters. The molecule has 0 radical (unpaired) electrons. The molecule has 0 aromatic heterocycles. The van der Waals surface area contributed by atoms with Crippen molar-refractivity contribution >= 4 is 11.7 Å². The Labute approximate surface area is 101 Å². The summed E-state index contributed by atoms with van der Waals surface area (Å²) in [5, 5.41) is 9.69. The fourth-order valence-corrected chi connectivity index (χ4v) is 1.60. The minimum atomic E-state index is -0.261. The third-order valence-corrected chi connectivity index (χ3v) is 2.76. The van der Waals surface area contributed by atoms with Crippen molar-refractivity contribution in [3.63, 3.8) is 0 Å². The topological polar surface area (TPSA) is 57.6 Å². The van der Waals surface area contributed by atoms with Crippen LogP contribution in [-0.4, -0.2) is 28.7 Å². The molecular weight excluding hydrogens is 218 g/mol. The number of carbonyl (C=O) groups is 2. The molecule has 1 atom stereocenters. The van der Waals surface area contributed by atoms with Crippen molar-refractivity contribution in [2.24, 2.45) is 0 Å². The Morgan fingerprint density at radius 3 is 2.47 bits per heavy atom. The number of Topliss-reactive ketones (excluding diaryl/α,β-unsaturated/α-hetero) is 1. The standard InChI is InChI=1S/C13H17NO3/c1-9(15)8-13(17)14(3)10(2)11-6-4-5-7-12(11)16/h4-7,10,16H,8H2,1-3H3. The van der Waals surface area contributed by atoms with Gasteiger partial charge in [0.05, 0.1) is 12.5 Å². The molecule has 92 valence electrons. The first-order valence-corrected chi connectivity index (χ1v) is 5.46. The maximum Gasteiger partial charge on any atom is 0.230 e. The van der Waals surface area contributed by atoms with Crippen molar-refractivity contribution in [1.82, 2.24) is 4.90 Å². The SMILES string of the molecule is CC(=O)CC(=O)N(C)C(C)c1ccccc1O. The van der Waals surface area contributed by atoms with E-state index in [-0.39, 0.29) is 29.9 Å². The molecule has 4 nitrogen and oxygen atoms in total. The van der Waals surface area contributed by atoms with E-state index in [0.29, 0.717) is 5.56 Å². The van der Waals surface area contributed by atoms with E-state index in [2.05, 4.69) is 0 Å². The molecule has 1 amide bonds. The third kappa shape index (κ3) is 3.31. The molecule has 0 saturated heterocycles. The lowest BCUT2D eigenvalue weighted by Gasteiger charge is -2.25. The summed E-state index contributed by atoms with van der Waals surface area (Å²) in [5.74, 6) is -0.248. The summed E-state index contributed by atoms with van der Waals surface area (Å²) >= 11 is 0. The fraction of sp³-hybridized carbons (Fsp3) is 0.385. The van der Waals surface area contributed by atoms with Gasteiger partial charge in [0.25, 0.3) is 0 Å². The molecule has 4 heteroatoms. The van der Waals surface area contributed by atoms with Gasteiger partial charge in [0.2, 0.25) is 5.91 Å². The lowest BCUT2D eigenvalue weighted by Crippen LogP contribution is -2.30. The highest BCUT2D eigenvalue weighted by atomic mass is 16.3. The summed E-state index contributed by atoms with van der Waals surface area (Å²) in [7, 11) is 1.63. The maximum atomic E-state index is 11.7. The van der Waals surface area contributed by atoms with Gasteiger partial charge in [-0.15, -0.1) is 0 Å². The van der Waals surface area contributed by atoms with Crippen LogP contribution >= 0.6 is 0 Å². The van der Waals surface area contributed by atoms with Crippen LogP contribution in [-0.2, 0) is 9.59 Å². The van der Waals surface area contributed by atoms with Gasteiger partial charge in [-0.3, -0.25) is 9.59 Å². The van der Waals surface area contributed by atoms with Crippen LogP contribution in [0.25, 0.3) is 0 Å². The van der Waals surface area contributed by atoms with Crippen LogP contribution < -0.4 is 0 Å². The quantitative estimate of drug-likeness (QED) is 0.811. The second kappa shape index (κ2) is 5.48. The normalized spacial score (nSPS) is 11.9. The van der Waals surface area contributed by atoms with Gasteiger partial charge >= 0.3 is 0 Å². The highest BCUT2D eigenvalue weighted by Crippen LogP contribution is 2.27. The van der Waals surface area contributed by atoms with E-state index in [4.69, 9.17) is 0 Å². The summed E-state index contributed by atoms with van der Waals surface area (Å²) in [6.07, 6.45) is -0.103. The van der Waals surface area contributed by atoms with E-state index in [1.807, 2.05) is 6.92 Å². The Morgan fingerprint density at radius 1 is 1.35 bits per heavy atom. The van der Waals surface area contributed by atoms with E-state index < -0.39 is 0 Å². The first-order chi connectivity index (χ1) is 7.93. The van der Waals surface area contributed by atoms with Crippen LogP contribution in [0.1, 0.15) is 31.9 Å². The number of hydrogen-bond acceptors (Lipinski definition) is 3. The molecule has 0 fully saturated rings. The number of phenolic OH excluding ortho intramolecular Hbond substituents is 1. The molecule has 0 saturated carbocycles. The summed E-state index contributed by atoms with van der Waals surface area (Å²) < 4.78 is 0. The lowest BCUT2D eigenvalue weighted by molar-refractivity contribution is -0.135. The smallest absolute Gasteiger partial charge is 0.230 e. The van der Waals surface area contributed by atoms with E-state index in [9.17, 15) is 14.7 Å². The summed E-state index contributed by atoms with van der Waals surface area (Å²) in [4.78, 5) is 24.1. The Kier molecular flexibility index (Phi) is 4.26. The van der Waals surface area contributed by atoms with E-state index in [0.717, 1.165) is 0 Å². The number of para-hydroxylation sites is 1. The van der Waals surface area contributed by atoms with Crippen LogP contribution in [0.15, 0.2) is 24.3 Å². The predicted octanol–water partition coefficient (Wildman–Crippen LogP) is 1.89. The average molecular weight is 235 g/mol. The summed E-state index contributed by atoms with van der Waals surface area (Å²) in [6.45, 7) is 3.20. The van der Waals surface area contributed by atoms with E-state index >= 15 is 0 Å². The maximum absolute atomic E-state index is 11.7. The second-order valence-corrected chi connectivity index (χ2v) is 4.12. The van der Waals surface area contributed by atoms with Gasteiger partial charge in [-0.25, -0.2) is 0 Å². The van der Waals surface area contributed by atoms with Gasteiger partial charge in [-0.05, 0) is 19.9 Å². The molecule has 0 aliphatic rings. The minimum Gasteiger partial charge on any atom is -0.508 e. The number of rotatable bonds is 4. The van der Waals surface area contributed by atoms with Gasteiger partial charge in [0.1, 0.15) is 11.5 Å². The van der Waals surface area contributed by atoms with Crippen LogP contribution in [0.2, 0.25) is 0 Å². The number of aromatic hydroxyl groups is 1. The zero-order valence-electron chi connectivity index (χ0n) is 10.3. The zero-order chi connectivity index (χ0) is 13.0. The van der Waals surface area contributed by atoms with Crippen molar-refractivity contribution in [2.75, 3.05) is 7.05 Å². The molecular formula is C13H17NO3. The van der Waals surface area contributed by atoms with Gasteiger partial charge < -0.3 is 10.0 Å². The van der Waals surface area contributed by atoms with Crippen LogP contribution in [0.4, 0.5) is 0 Å². The molecule has 1 N–H and O–H groups in total. The Hall–Kier alpha value is -1.84.